The molecule has 0 unspecified atom stereocenters. The van der Waals surface area contributed by atoms with Crippen LogP contribution in [0.2, 0.25) is 0 Å². The molecule has 6 nitrogen and oxygen atoms in total. The maximum atomic E-state index is 13.2. The van der Waals surface area contributed by atoms with Crippen LogP contribution in [0.15, 0.2) is 91.0 Å². The van der Waals surface area contributed by atoms with Gasteiger partial charge in [-0.15, -0.1) is 0 Å². The largest absolute Gasteiger partial charge is 0.306 e. The Labute approximate surface area is 200 Å². The van der Waals surface area contributed by atoms with Gasteiger partial charge in [-0.1, -0.05) is 72.3 Å². The van der Waals surface area contributed by atoms with E-state index in [-0.39, 0.29) is 5.56 Å². The second kappa shape index (κ2) is 9.49. The number of nitrogens with zero attached hydrogens (tertiary/aromatic N) is 2. The van der Waals surface area contributed by atoms with Crippen LogP contribution in [0.5, 0.6) is 0 Å². The predicted octanol–water partition coefficient (Wildman–Crippen LogP) is 5.37. The smallest absolute Gasteiger partial charge is 0.258 e. The number of pyridine rings is 1. The molecule has 1 amide bonds. The summed E-state index contributed by atoms with van der Waals surface area (Å²) in [5.74, 6) is -0.0718. The van der Waals surface area contributed by atoms with Crippen LogP contribution in [0.3, 0.4) is 0 Å². The van der Waals surface area contributed by atoms with Crippen LogP contribution in [-0.4, -0.2) is 32.6 Å². The molecular formula is C27H25N3O3S. The molecule has 0 bridgehead atoms. The highest BCUT2D eigenvalue weighted by atomic mass is 32.2. The third-order valence-electron chi connectivity index (χ3n) is 5.51. The third kappa shape index (κ3) is 5.15. The van der Waals surface area contributed by atoms with Crippen LogP contribution in [0.25, 0.3) is 22.4 Å². The van der Waals surface area contributed by atoms with Crippen LogP contribution in [0, 0.1) is 6.92 Å². The van der Waals surface area contributed by atoms with Crippen molar-refractivity contribution in [3.63, 3.8) is 0 Å². The average Bonchev–Trinajstić information content (AvgIpc) is 2.84. The third-order valence-corrected chi connectivity index (χ3v) is 6.70. The molecule has 172 valence electrons. The Balaban J connectivity index is 1.76. The normalized spacial score (nSPS) is 11.1. The summed E-state index contributed by atoms with van der Waals surface area (Å²) in [6, 6.07) is 28.2. The maximum absolute atomic E-state index is 13.2. The van der Waals surface area contributed by atoms with Crippen molar-refractivity contribution < 1.29 is 13.2 Å². The number of hydrogen-bond donors (Lipinski definition) is 1. The summed E-state index contributed by atoms with van der Waals surface area (Å²) in [4.78, 5) is 17.9. The fraction of sp³-hybridized carbons (Fsp3) is 0.111. The zero-order chi connectivity index (χ0) is 24.3. The summed E-state index contributed by atoms with van der Waals surface area (Å²) in [5, 5.41) is 2.87. The van der Waals surface area contributed by atoms with Gasteiger partial charge in [-0.3, -0.25) is 9.10 Å². The van der Waals surface area contributed by atoms with E-state index in [0.717, 1.165) is 38.5 Å². The Morgan fingerprint density at radius 3 is 2.15 bits per heavy atom. The lowest BCUT2D eigenvalue weighted by Gasteiger charge is -2.20. The van der Waals surface area contributed by atoms with Gasteiger partial charge in [0.25, 0.3) is 5.91 Å². The molecule has 7 heteroatoms. The second-order valence-electron chi connectivity index (χ2n) is 8.06. The highest BCUT2D eigenvalue weighted by molar-refractivity contribution is 7.92. The molecule has 0 radical (unpaired) electrons. The lowest BCUT2D eigenvalue weighted by atomic mass is 10.0. The fourth-order valence-corrected chi connectivity index (χ4v) is 4.08. The molecule has 0 saturated carbocycles. The minimum absolute atomic E-state index is 0.235. The number of aromatic nitrogens is 1. The highest BCUT2D eigenvalue weighted by Crippen LogP contribution is 2.29. The number of sulfonamides is 1. The van der Waals surface area contributed by atoms with Gasteiger partial charge in [-0.2, -0.15) is 0 Å². The number of para-hydroxylation sites is 1. The van der Waals surface area contributed by atoms with Crippen LogP contribution in [-0.2, 0) is 10.0 Å². The SMILES string of the molecule is Cc1ccc(-c2cc(NC(=O)c3ccccc3N(C)S(C)(=O)=O)nc(-c3ccccc3)c2)cc1. The van der Waals surface area contributed by atoms with E-state index in [9.17, 15) is 13.2 Å². The van der Waals surface area contributed by atoms with Crippen molar-refractivity contribution in [3.05, 3.63) is 102 Å². The Kier molecular flexibility index (Phi) is 6.47. The van der Waals surface area contributed by atoms with Gasteiger partial charge in [-0.05, 0) is 42.3 Å². The first-order valence-corrected chi connectivity index (χ1v) is 12.6. The first kappa shape index (κ1) is 23.2. The van der Waals surface area contributed by atoms with Gasteiger partial charge in [0.1, 0.15) is 5.82 Å². The van der Waals surface area contributed by atoms with Gasteiger partial charge >= 0.3 is 0 Å². The monoisotopic (exact) mass is 471 g/mol. The summed E-state index contributed by atoms with van der Waals surface area (Å²) in [7, 11) is -2.11. The number of amides is 1. The van der Waals surface area contributed by atoms with Gasteiger partial charge < -0.3 is 5.32 Å². The van der Waals surface area contributed by atoms with Crippen molar-refractivity contribution in [2.45, 2.75) is 6.92 Å². The van der Waals surface area contributed by atoms with Crippen molar-refractivity contribution in [1.29, 1.82) is 0 Å². The molecule has 34 heavy (non-hydrogen) atoms. The summed E-state index contributed by atoms with van der Waals surface area (Å²) in [6.45, 7) is 2.03. The molecule has 3 aromatic carbocycles. The van der Waals surface area contributed by atoms with Crippen LogP contribution < -0.4 is 9.62 Å². The van der Waals surface area contributed by atoms with E-state index in [1.165, 1.54) is 7.05 Å². The number of hydrogen-bond acceptors (Lipinski definition) is 4. The minimum atomic E-state index is -3.54. The molecule has 1 heterocycles. The Morgan fingerprint density at radius 2 is 1.47 bits per heavy atom. The van der Waals surface area contributed by atoms with E-state index in [1.54, 1.807) is 24.3 Å². The molecule has 1 aromatic heterocycles. The number of rotatable bonds is 6. The predicted molar refractivity (Wildman–Crippen MR) is 137 cm³/mol. The summed E-state index contributed by atoms with van der Waals surface area (Å²) in [5.41, 5.74) is 5.23. The number of nitrogens with one attached hydrogen (secondary N) is 1. The minimum Gasteiger partial charge on any atom is -0.306 e. The van der Waals surface area contributed by atoms with E-state index >= 15 is 0 Å². The molecule has 1 N–H and O–H groups in total. The van der Waals surface area contributed by atoms with E-state index in [4.69, 9.17) is 0 Å². The molecule has 0 atom stereocenters. The molecule has 0 spiro atoms. The van der Waals surface area contributed by atoms with Crippen LogP contribution in [0.4, 0.5) is 11.5 Å². The summed E-state index contributed by atoms with van der Waals surface area (Å²) >= 11 is 0. The summed E-state index contributed by atoms with van der Waals surface area (Å²) in [6.07, 6.45) is 1.10. The maximum Gasteiger partial charge on any atom is 0.258 e. The molecule has 4 aromatic rings. The van der Waals surface area contributed by atoms with Crippen molar-refractivity contribution in [1.82, 2.24) is 4.98 Å². The van der Waals surface area contributed by atoms with Gasteiger partial charge in [0.2, 0.25) is 10.0 Å². The van der Waals surface area contributed by atoms with Crippen molar-refractivity contribution >= 4 is 27.4 Å². The first-order valence-electron chi connectivity index (χ1n) is 10.7. The molecule has 0 aliphatic rings. The molecule has 0 aliphatic heterocycles. The van der Waals surface area contributed by atoms with Crippen LogP contribution in [0.1, 0.15) is 15.9 Å². The Morgan fingerprint density at radius 1 is 0.824 bits per heavy atom. The Hall–Kier alpha value is -3.97. The first-order chi connectivity index (χ1) is 16.2. The average molecular weight is 472 g/mol. The quantitative estimate of drug-likeness (QED) is 0.410. The number of carbonyl (C=O) groups excluding carboxylic acids is 1. The highest BCUT2D eigenvalue weighted by Gasteiger charge is 2.20. The molecule has 0 saturated heterocycles. The molecule has 0 aliphatic carbocycles. The number of benzene rings is 3. The molecule has 4 rings (SSSR count). The van der Waals surface area contributed by atoms with Gasteiger partial charge in [0.05, 0.1) is 23.2 Å². The Bertz CT molecular complexity index is 1430. The van der Waals surface area contributed by atoms with E-state index in [1.807, 2.05) is 73.7 Å². The molecule has 0 fully saturated rings. The van der Waals surface area contributed by atoms with E-state index in [2.05, 4.69) is 10.3 Å². The lowest BCUT2D eigenvalue weighted by molar-refractivity contribution is 0.102. The van der Waals surface area contributed by atoms with Gasteiger partial charge in [0, 0.05) is 12.6 Å². The lowest BCUT2D eigenvalue weighted by Crippen LogP contribution is -2.27. The van der Waals surface area contributed by atoms with E-state index < -0.39 is 15.9 Å². The fourth-order valence-electron chi connectivity index (χ4n) is 3.57. The molecular weight excluding hydrogens is 446 g/mol. The van der Waals surface area contributed by atoms with Gasteiger partial charge in [-0.25, -0.2) is 13.4 Å². The van der Waals surface area contributed by atoms with Gasteiger partial charge in [0.15, 0.2) is 0 Å². The topological polar surface area (TPSA) is 79.4 Å². The van der Waals surface area contributed by atoms with E-state index in [0.29, 0.717) is 11.5 Å². The standard InChI is InChI=1S/C27H25N3O3S/c1-19-13-15-20(16-14-19)22-17-24(21-9-5-4-6-10-21)28-26(18-22)29-27(31)23-11-7-8-12-25(23)30(2)34(3,32)33/h4-18H,1-3H3,(H,28,29,31). The zero-order valence-electron chi connectivity index (χ0n) is 19.2. The van der Waals surface area contributed by atoms with Crippen molar-refractivity contribution in [3.8, 4) is 22.4 Å². The number of carbonyl (C=O) groups is 1. The number of anilines is 2. The van der Waals surface area contributed by atoms with Crippen LogP contribution >= 0.6 is 0 Å². The van der Waals surface area contributed by atoms with Crippen molar-refractivity contribution in [2.75, 3.05) is 22.9 Å². The van der Waals surface area contributed by atoms with Crippen molar-refractivity contribution in [2.24, 2.45) is 0 Å². The number of aryl methyl sites for hydroxylation is 1. The summed E-state index contributed by atoms with van der Waals surface area (Å²) < 4.78 is 25.2. The second-order valence-corrected chi connectivity index (χ2v) is 10.1. The zero-order valence-corrected chi connectivity index (χ0v) is 20.0.